The van der Waals surface area contributed by atoms with Crippen molar-refractivity contribution in [2.45, 2.75) is 38.1 Å². The third kappa shape index (κ3) is 4.18. The normalized spacial score (nSPS) is 11.4. The fourth-order valence-corrected chi connectivity index (χ4v) is 3.35. The average molecular weight is 348 g/mol. The summed E-state index contributed by atoms with van der Waals surface area (Å²) < 4.78 is 27.3. The smallest absolute Gasteiger partial charge is 0.336 e. The highest BCUT2D eigenvalue weighted by atomic mass is 32.2. The number of benzene rings is 1. The predicted molar refractivity (Wildman–Crippen MR) is 90.4 cm³/mol. The predicted octanol–water partition coefficient (Wildman–Crippen LogP) is 2.38. The minimum atomic E-state index is -3.81. The van der Waals surface area contributed by atoms with Crippen LogP contribution in [0.15, 0.2) is 41.4 Å². The maximum Gasteiger partial charge on any atom is 0.336 e. The molecule has 0 amide bonds. The van der Waals surface area contributed by atoms with Crippen LogP contribution in [0.2, 0.25) is 0 Å². The van der Waals surface area contributed by atoms with Gasteiger partial charge in [0.2, 0.25) is 10.0 Å². The SMILES string of the molecule is CCc1ccnc(CNS(=O)(=O)c2ccc(CC)c(C(=O)O)c2)c1. The van der Waals surface area contributed by atoms with Crippen LogP contribution in [0.1, 0.15) is 41.0 Å². The number of nitrogens with zero attached hydrogens (tertiary/aromatic N) is 1. The topological polar surface area (TPSA) is 96.4 Å². The Morgan fingerprint density at radius 2 is 1.92 bits per heavy atom. The number of carboxylic acids is 1. The van der Waals surface area contributed by atoms with Crippen molar-refractivity contribution in [3.8, 4) is 0 Å². The number of hydrogen-bond acceptors (Lipinski definition) is 4. The van der Waals surface area contributed by atoms with Crippen molar-refractivity contribution in [1.82, 2.24) is 9.71 Å². The summed E-state index contributed by atoms with van der Waals surface area (Å²) in [7, 11) is -3.81. The number of sulfonamides is 1. The van der Waals surface area contributed by atoms with E-state index in [-0.39, 0.29) is 17.0 Å². The Morgan fingerprint density at radius 3 is 2.54 bits per heavy atom. The fraction of sp³-hybridized carbons (Fsp3) is 0.294. The van der Waals surface area contributed by atoms with Gasteiger partial charge in [0.25, 0.3) is 0 Å². The van der Waals surface area contributed by atoms with Crippen molar-refractivity contribution in [2.24, 2.45) is 0 Å². The van der Waals surface area contributed by atoms with E-state index in [1.807, 2.05) is 26.0 Å². The highest BCUT2D eigenvalue weighted by Gasteiger charge is 2.18. The zero-order valence-electron chi connectivity index (χ0n) is 13.6. The minimum Gasteiger partial charge on any atom is -0.478 e. The fourth-order valence-electron chi connectivity index (χ4n) is 2.33. The second kappa shape index (κ2) is 7.55. The van der Waals surface area contributed by atoms with E-state index in [1.165, 1.54) is 18.2 Å². The molecule has 0 saturated carbocycles. The van der Waals surface area contributed by atoms with Gasteiger partial charge in [0.1, 0.15) is 0 Å². The third-order valence-electron chi connectivity index (χ3n) is 3.74. The lowest BCUT2D eigenvalue weighted by molar-refractivity contribution is 0.0695. The first-order chi connectivity index (χ1) is 11.4. The second-order valence-corrected chi connectivity index (χ2v) is 7.08. The number of hydrogen-bond donors (Lipinski definition) is 2. The number of pyridine rings is 1. The number of aromatic nitrogens is 1. The van der Waals surface area contributed by atoms with Crippen LogP contribution in [0.5, 0.6) is 0 Å². The Kier molecular flexibility index (Phi) is 5.69. The molecule has 2 rings (SSSR count). The van der Waals surface area contributed by atoms with Crippen molar-refractivity contribution in [3.05, 3.63) is 58.9 Å². The summed E-state index contributed by atoms with van der Waals surface area (Å²) >= 11 is 0. The van der Waals surface area contributed by atoms with Crippen LogP contribution in [0.3, 0.4) is 0 Å². The molecule has 0 atom stereocenters. The second-order valence-electron chi connectivity index (χ2n) is 5.31. The van der Waals surface area contributed by atoms with Crippen molar-refractivity contribution in [3.63, 3.8) is 0 Å². The van der Waals surface area contributed by atoms with E-state index < -0.39 is 16.0 Å². The van der Waals surface area contributed by atoms with E-state index in [0.29, 0.717) is 17.7 Å². The molecule has 1 heterocycles. The first kappa shape index (κ1) is 18.1. The van der Waals surface area contributed by atoms with Crippen molar-refractivity contribution in [2.75, 3.05) is 0 Å². The maximum absolute atomic E-state index is 12.4. The van der Waals surface area contributed by atoms with E-state index in [0.717, 1.165) is 12.0 Å². The number of aryl methyl sites for hydroxylation is 2. The molecule has 0 aliphatic rings. The maximum atomic E-state index is 12.4. The monoisotopic (exact) mass is 348 g/mol. The number of carboxylic acid groups (broad SMARTS) is 1. The van der Waals surface area contributed by atoms with E-state index in [1.54, 1.807) is 6.20 Å². The van der Waals surface area contributed by atoms with Gasteiger partial charge >= 0.3 is 5.97 Å². The number of carbonyl (C=O) groups is 1. The zero-order chi connectivity index (χ0) is 17.7. The van der Waals surface area contributed by atoms with Crippen LogP contribution in [-0.2, 0) is 29.4 Å². The lowest BCUT2D eigenvalue weighted by Gasteiger charge is -2.10. The van der Waals surface area contributed by atoms with Crippen LogP contribution in [0, 0.1) is 0 Å². The number of rotatable bonds is 7. The van der Waals surface area contributed by atoms with Gasteiger partial charge in [-0.2, -0.15) is 0 Å². The Balaban J connectivity index is 2.24. The van der Waals surface area contributed by atoms with Gasteiger partial charge in [-0.3, -0.25) is 4.98 Å². The van der Waals surface area contributed by atoms with Crippen LogP contribution in [0.25, 0.3) is 0 Å². The van der Waals surface area contributed by atoms with Crippen molar-refractivity contribution < 1.29 is 18.3 Å². The summed E-state index contributed by atoms with van der Waals surface area (Å²) in [5.74, 6) is -1.14. The molecule has 1 aromatic carbocycles. The standard InChI is InChI=1S/C17H20N2O4S/c1-3-12-7-8-18-14(9-12)11-19-24(22,23)15-6-5-13(4-2)16(10-15)17(20)21/h5-10,19H,3-4,11H2,1-2H3,(H,20,21). The molecule has 0 radical (unpaired) electrons. The first-order valence-corrected chi connectivity index (χ1v) is 9.15. The largest absolute Gasteiger partial charge is 0.478 e. The summed E-state index contributed by atoms with van der Waals surface area (Å²) in [6.45, 7) is 3.88. The van der Waals surface area contributed by atoms with Gasteiger partial charge in [-0.25, -0.2) is 17.9 Å². The third-order valence-corrected chi connectivity index (χ3v) is 5.13. The van der Waals surface area contributed by atoms with Crippen LogP contribution >= 0.6 is 0 Å². The minimum absolute atomic E-state index is 0.00600. The highest BCUT2D eigenvalue weighted by Crippen LogP contribution is 2.17. The molecule has 1 aromatic heterocycles. The van der Waals surface area contributed by atoms with Crippen molar-refractivity contribution >= 4 is 16.0 Å². The van der Waals surface area contributed by atoms with E-state index >= 15 is 0 Å². The molecule has 6 nitrogen and oxygen atoms in total. The van der Waals surface area contributed by atoms with Gasteiger partial charge in [0.15, 0.2) is 0 Å². The summed E-state index contributed by atoms with van der Waals surface area (Å²) in [6.07, 6.45) is 2.99. The molecule has 0 aliphatic heterocycles. The lowest BCUT2D eigenvalue weighted by atomic mass is 10.1. The molecule has 0 unspecified atom stereocenters. The molecule has 128 valence electrons. The van der Waals surface area contributed by atoms with Crippen LogP contribution < -0.4 is 4.72 Å². The van der Waals surface area contributed by atoms with Gasteiger partial charge in [-0.15, -0.1) is 0 Å². The molecule has 0 aliphatic carbocycles. The molecule has 2 N–H and O–H groups in total. The first-order valence-electron chi connectivity index (χ1n) is 7.67. The average Bonchev–Trinajstić information content (AvgIpc) is 2.59. The summed E-state index contributed by atoms with van der Waals surface area (Å²) in [4.78, 5) is 15.4. The molecule has 7 heteroatoms. The van der Waals surface area contributed by atoms with Gasteiger partial charge in [-0.1, -0.05) is 19.9 Å². The molecule has 0 fully saturated rings. The number of nitrogens with one attached hydrogen (secondary N) is 1. The van der Waals surface area contributed by atoms with Gasteiger partial charge in [0.05, 0.1) is 22.7 Å². The van der Waals surface area contributed by atoms with Crippen molar-refractivity contribution in [1.29, 1.82) is 0 Å². The molecule has 2 aromatic rings. The summed E-state index contributed by atoms with van der Waals surface area (Å²) in [5, 5.41) is 9.23. The Hall–Kier alpha value is -2.25. The highest BCUT2D eigenvalue weighted by molar-refractivity contribution is 7.89. The molecule has 0 bridgehead atoms. The Bertz CT molecular complexity index is 847. The molecule has 24 heavy (non-hydrogen) atoms. The van der Waals surface area contributed by atoms with E-state index in [2.05, 4.69) is 9.71 Å². The van der Waals surface area contributed by atoms with Gasteiger partial charge in [-0.05, 0) is 48.2 Å². The summed E-state index contributed by atoms with van der Waals surface area (Å²) in [5.41, 5.74) is 2.28. The quantitative estimate of drug-likeness (QED) is 0.801. The van der Waals surface area contributed by atoms with Crippen LogP contribution in [0.4, 0.5) is 0 Å². The van der Waals surface area contributed by atoms with Crippen LogP contribution in [-0.4, -0.2) is 24.5 Å². The van der Waals surface area contributed by atoms with E-state index in [9.17, 15) is 18.3 Å². The molecular formula is C17H20N2O4S. The molecule has 0 saturated heterocycles. The van der Waals surface area contributed by atoms with Gasteiger partial charge < -0.3 is 5.11 Å². The summed E-state index contributed by atoms with van der Waals surface area (Å²) in [6, 6.07) is 7.86. The number of aromatic carboxylic acids is 1. The zero-order valence-corrected chi connectivity index (χ0v) is 14.4. The van der Waals surface area contributed by atoms with Gasteiger partial charge in [0, 0.05) is 6.20 Å². The Labute approximate surface area is 141 Å². The lowest BCUT2D eigenvalue weighted by Crippen LogP contribution is -2.24. The Morgan fingerprint density at radius 1 is 1.17 bits per heavy atom. The van der Waals surface area contributed by atoms with E-state index in [4.69, 9.17) is 0 Å². The molecule has 0 spiro atoms. The molecular weight excluding hydrogens is 328 g/mol.